The summed E-state index contributed by atoms with van der Waals surface area (Å²) in [6.07, 6.45) is 0.601. The van der Waals surface area contributed by atoms with E-state index in [9.17, 15) is 9.18 Å². The number of hydrogen-bond acceptors (Lipinski definition) is 7. The lowest BCUT2D eigenvalue weighted by Gasteiger charge is -2.20. The third-order valence-electron chi connectivity index (χ3n) is 4.34. The van der Waals surface area contributed by atoms with Gasteiger partial charge in [-0.25, -0.2) is 4.39 Å². The van der Waals surface area contributed by atoms with E-state index in [4.69, 9.17) is 23.7 Å². The van der Waals surface area contributed by atoms with Crippen molar-refractivity contribution in [1.82, 2.24) is 0 Å². The molecule has 0 spiro atoms. The zero-order valence-corrected chi connectivity index (χ0v) is 16.4. The van der Waals surface area contributed by atoms with Gasteiger partial charge in [0.2, 0.25) is 0 Å². The number of carbonyl (C=O) groups excluding carboxylic acids is 1. The number of carbonyl (C=O) groups is 1. The van der Waals surface area contributed by atoms with Crippen LogP contribution in [0.3, 0.4) is 0 Å². The van der Waals surface area contributed by atoms with Gasteiger partial charge in [-0.1, -0.05) is 6.07 Å². The molecule has 0 aromatic heterocycles. The standard InChI is InChI=1S/C21H22FNO6/c1-25-19-9-13(8-15(22)21(19)27-3)11-23-12-16(24)20(26-2)14-4-5-17-18(10-14)29-7-6-28-17/h4-5,8-11,20H,6-7,12H2,1-3H3. The summed E-state index contributed by atoms with van der Waals surface area (Å²) in [5.74, 6) is 0.640. The fourth-order valence-electron chi connectivity index (χ4n) is 3.01. The summed E-state index contributed by atoms with van der Waals surface area (Å²) in [5, 5.41) is 0. The third-order valence-corrected chi connectivity index (χ3v) is 4.34. The van der Waals surface area contributed by atoms with Crippen LogP contribution in [0.2, 0.25) is 0 Å². The molecule has 2 aromatic carbocycles. The van der Waals surface area contributed by atoms with Gasteiger partial charge < -0.3 is 23.7 Å². The van der Waals surface area contributed by atoms with Crippen molar-refractivity contribution in [3.63, 3.8) is 0 Å². The molecule has 1 atom stereocenters. The van der Waals surface area contributed by atoms with Gasteiger partial charge in [0.25, 0.3) is 0 Å². The van der Waals surface area contributed by atoms with Crippen molar-refractivity contribution in [2.24, 2.45) is 4.99 Å². The largest absolute Gasteiger partial charge is 0.493 e. The first-order chi connectivity index (χ1) is 14.1. The molecule has 7 nitrogen and oxygen atoms in total. The van der Waals surface area contributed by atoms with Crippen LogP contribution in [0.25, 0.3) is 0 Å². The van der Waals surface area contributed by atoms with E-state index in [1.165, 1.54) is 33.6 Å². The molecule has 0 saturated carbocycles. The fourth-order valence-corrected chi connectivity index (χ4v) is 3.01. The Morgan fingerprint density at radius 3 is 2.59 bits per heavy atom. The molecular formula is C21H22FNO6. The Bertz CT molecular complexity index is 914. The molecule has 0 N–H and O–H groups in total. The van der Waals surface area contributed by atoms with E-state index in [2.05, 4.69) is 4.99 Å². The van der Waals surface area contributed by atoms with E-state index in [1.807, 2.05) is 0 Å². The highest BCUT2D eigenvalue weighted by molar-refractivity contribution is 5.89. The smallest absolute Gasteiger partial charge is 0.196 e. The molecule has 1 unspecified atom stereocenters. The fraction of sp³-hybridized carbons (Fsp3) is 0.333. The Labute approximate surface area is 168 Å². The Hall–Kier alpha value is -3.13. The summed E-state index contributed by atoms with van der Waals surface area (Å²) in [5.41, 5.74) is 1.09. The zero-order valence-electron chi connectivity index (χ0n) is 16.4. The Morgan fingerprint density at radius 2 is 1.90 bits per heavy atom. The molecule has 0 aliphatic carbocycles. The molecule has 0 bridgehead atoms. The van der Waals surface area contributed by atoms with Crippen molar-refractivity contribution in [3.05, 3.63) is 47.3 Å². The number of hydrogen-bond donors (Lipinski definition) is 0. The molecule has 154 valence electrons. The number of Topliss-reactive ketones (excluding diaryl/α,β-unsaturated/α-hetero) is 1. The van der Waals surface area contributed by atoms with Crippen molar-refractivity contribution in [2.75, 3.05) is 41.1 Å². The van der Waals surface area contributed by atoms with Gasteiger partial charge >= 0.3 is 0 Å². The van der Waals surface area contributed by atoms with Gasteiger partial charge in [0.05, 0.1) is 14.2 Å². The predicted octanol–water partition coefficient (Wildman–Crippen LogP) is 2.99. The van der Waals surface area contributed by atoms with Crippen LogP contribution in [0.5, 0.6) is 23.0 Å². The summed E-state index contributed by atoms with van der Waals surface area (Å²) in [4.78, 5) is 16.7. The highest BCUT2D eigenvalue weighted by Crippen LogP contribution is 2.34. The lowest BCUT2D eigenvalue weighted by Crippen LogP contribution is -2.19. The number of benzene rings is 2. The molecule has 2 aromatic rings. The normalized spacial score (nSPS) is 13.9. The van der Waals surface area contributed by atoms with Crippen LogP contribution in [0.1, 0.15) is 17.2 Å². The monoisotopic (exact) mass is 403 g/mol. The van der Waals surface area contributed by atoms with Crippen molar-refractivity contribution in [3.8, 4) is 23.0 Å². The second-order valence-corrected chi connectivity index (χ2v) is 6.19. The number of rotatable bonds is 8. The average molecular weight is 403 g/mol. The third kappa shape index (κ3) is 4.65. The lowest BCUT2D eigenvalue weighted by molar-refractivity contribution is -0.127. The number of ether oxygens (including phenoxy) is 5. The van der Waals surface area contributed by atoms with Crippen LogP contribution < -0.4 is 18.9 Å². The molecule has 3 rings (SSSR count). The number of halogens is 1. The Balaban J connectivity index is 1.71. The van der Waals surface area contributed by atoms with E-state index in [-0.39, 0.29) is 23.8 Å². The first kappa shape index (κ1) is 20.6. The quantitative estimate of drug-likeness (QED) is 0.631. The van der Waals surface area contributed by atoms with Crippen LogP contribution in [0.15, 0.2) is 35.3 Å². The second kappa shape index (κ2) is 9.38. The number of aliphatic imine (C=N–C) groups is 1. The lowest BCUT2D eigenvalue weighted by atomic mass is 10.0. The van der Waals surface area contributed by atoms with Gasteiger partial charge in [-0.05, 0) is 35.4 Å². The molecule has 0 radical (unpaired) electrons. The van der Waals surface area contributed by atoms with Gasteiger partial charge in [-0.2, -0.15) is 0 Å². The van der Waals surface area contributed by atoms with Crippen molar-refractivity contribution in [2.45, 2.75) is 6.10 Å². The maximum absolute atomic E-state index is 14.1. The van der Waals surface area contributed by atoms with Crippen LogP contribution in [-0.2, 0) is 9.53 Å². The molecule has 1 heterocycles. The number of fused-ring (bicyclic) bond motifs is 1. The van der Waals surface area contributed by atoms with Crippen molar-refractivity contribution in [1.29, 1.82) is 0 Å². The van der Waals surface area contributed by atoms with Crippen molar-refractivity contribution >= 4 is 12.0 Å². The van der Waals surface area contributed by atoms with Gasteiger partial charge in [-0.15, -0.1) is 0 Å². The van der Waals surface area contributed by atoms with Crippen molar-refractivity contribution < 1.29 is 32.9 Å². The van der Waals surface area contributed by atoms with Gasteiger partial charge in [-0.3, -0.25) is 9.79 Å². The van der Waals surface area contributed by atoms with E-state index >= 15 is 0 Å². The minimum atomic E-state index is -0.801. The molecule has 0 fully saturated rings. The minimum Gasteiger partial charge on any atom is -0.493 e. The van der Waals surface area contributed by atoms with E-state index in [0.29, 0.717) is 35.8 Å². The summed E-state index contributed by atoms with van der Waals surface area (Å²) >= 11 is 0. The number of ketones is 1. The first-order valence-corrected chi connectivity index (χ1v) is 8.93. The molecular weight excluding hydrogens is 381 g/mol. The minimum absolute atomic E-state index is 0.0128. The highest BCUT2D eigenvalue weighted by atomic mass is 19.1. The van der Waals surface area contributed by atoms with E-state index in [0.717, 1.165) is 0 Å². The van der Waals surface area contributed by atoms with Gasteiger partial charge in [0, 0.05) is 13.3 Å². The summed E-state index contributed by atoms with van der Waals surface area (Å²) in [6, 6.07) is 8.06. The summed E-state index contributed by atoms with van der Waals surface area (Å²) < 4.78 is 40.5. The molecule has 1 aliphatic heterocycles. The van der Waals surface area contributed by atoms with Crippen LogP contribution >= 0.6 is 0 Å². The SMILES string of the molecule is COc1cc(C=NCC(=O)C(OC)c2ccc3c(c2)OCCO3)cc(F)c1OC. The van der Waals surface area contributed by atoms with Crippen LogP contribution in [0, 0.1) is 5.82 Å². The topological polar surface area (TPSA) is 75.6 Å². The van der Waals surface area contributed by atoms with Gasteiger partial charge in [0.1, 0.15) is 25.9 Å². The van der Waals surface area contributed by atoms with Crippen LogP contribution in [0.4, 0.5) is 4.39 Å². The molecule has 29 heavy (non-hydrogen) atoms. The molecule has 0 saturated heterocycles. The van der Waals surface area contributed by atoms with Gasteiger partial charge in [0.15, 0.2) is 34.6 Å². The average Bonchev–Trinajstić information content (AvgIpc) is 2.73. The number of methoxy groups -OCH3 is 3. The zero-order chi connectivity index (χ0) is 20.8. The molecule has 0 amide bonds. The van der Waals surface area contributed by atoms with Crippen LogP contribution in [-0.4, -0.2) is 53.1 Å². The second-order valence-electron chi connectivity index (χ2n) is 6.19. The Kier molecular flexibility index (Phi) is 6.66. The summed E-state index contributed by atoms with van der Waals surface area (Å²) in [6.45, 7) is 0.807. The van der Waals surface area contributed by atoms with E-state index < -0.39 is 11.9 Å². The number of nitrogens with zero attached hydrogens (tertiary/aromatic N) is 1. The first-order valence-electron chi connectivity index (χ1n) is 8.93. The molecule has 1 aliphatic rings. The maximum atomic E-state index is 14.1. The Morgan fingerprint density at radius 1 is 1.14 bits per heavy atom. The summed E-state index contributed by atoms with van der Waals surface area (Å²) in [7, 11) is 4.22. The van der Waals surface area contributed by atoms with E-state index in [1.54, 1.807) is 24.3 Å². The highest BCUT2D eigenvalue weighted by Gasteiger charge is 2.22. The maximum Gasteiger partial charge on any atom is 0.196 e. The predicted molar refractivity (Wildman–Crippen MR) is 104 cm³/mol. The molecule has 8 heteroatoms.